The number of benzene rings is 1. The van der Waals surface area contributed by atoms with Crippen molar-refractivity contribution in [3.05, 3.63) is 30.9 Å². The van der Waals surface area contributed by atoms with Crippen LogP contribution in [0.15, 0.2) is 30.9 Å². The van der Waals surface area contributed by atoms with E-state index in [0.29, 0.717) is 13.2 Å². The third-order valence-electron chi connectivity index (χ3n) is 2.22. The molecule has 3 nitrogen and oxygen atoms in total. The second-order valence-electron chi connectivity index (χ2n) is 3.36. The lowest BCUT2D eigenvalue weighted by molar-refractivity contribution is 0.171. The second kappa shape index (κ2) is 4.73. The fourth-order valence-corrected chi connectivity index (χ4v) is 1.47. The van der Waals surface area contributed by atoms with Gasteiger partial charge in [-0.2, -0.15) is 0 Å². The predicted molar refractivity (Wildman–Crippen MR) is 60.7 cm³/mol. The molecule has 1 aliphatic rings. The molecule has 3 heteroatoms. The fourth-order valence-electron chi connectivity index (χ4n) is 1.47. The number of rotatable bonds is 4. The topological polar surface area (TPSA) is 30.5 Å². The lowest BCUT2D eigenvalue weighted by atomic mass is 10.2. The maximum Gasteiger partial charge on any atom is 0.163 e. The number of hydrogen-bond donors (Lipinski definition) is 1. The van der Waals surface area contributed by atoms with Crippen molar-refractivity contribution in [3.8, 4) is 11.5 Å². The van der Waals surface area contributed by atoms with Crippen molar-refractivity contribution in [1.82, 2.24) is 0 Å². The van der Waals surface area contributed by atoms with Crippen LogP contribution in [0.5, 0.6) is 11.5 Å². The molecular formula is C12H15NO2. The van der Waals surface area contributed by atoms with Gasteiger partial charge < -0.3 is 14.8 Å². The van der Waals surface area contributed by atoms with Gasteiger partial charge in [0.05, 0.1) is 0 Å². The molecule has 1 aromatic carbocycles. The molecule has 15 heavy (non-hydrogen) atoms. The van der Waals surface area contributed by atoms with Crippen LogP contribution < -0.4 is 14.8 Å². The smallest absolute Gasteiger partial charge is 0.163 e. The zero-order valence-corrected chi connectivity index (χ0v) is 8.66. The van der Waals surface area contributed by atoms with E-state index >= 15 is 0 Å². The van der Waals surface area contributed by atoms with E-state index in [1.807, 2.05) is 24.3 Å². The molecule has 1 aliphatic heterocycles. The molecule has 0 aromatic heterocycles. The lowest BCUT2D eigenvalue weighted by Gasteiger charge is -2.19. The Morgan fingerprint density at radius 2 is 2.07 bits per heavy atom. The van der Waals surface area contributed by atoms with E-state index in [1.54, 1.807) is 0 Å². The molecule has 0 amide bonds. The molecule has 0 spiro atoms. The molecule has 0 aliphatic carbocycles. The first kappa shape index (κ1) is 9.90. The minimum absolute atomic E-state index is 0.628. The summed E-state index contributed by atoms with van der Waals surface area (Å²) in [6, 6.07) is 5.90. The molecule has 1 aromatic rings. The van der Waals surface area contributed by atoms with Gasteiger partial charge >= 0.3 is 0 Å². The SMILES string of the molecule is C=CCCNc1ccc2c(c1)OCCO2. The Hall–Kier alpha value is -1.64. The van der Waals surface area contributed by atoms with Crippen molar-refractivity contribution in [3.63, 3.8) is 0 Å². The number of nitrogens with one attached hydrogen (secondary N) is 1. The van der Waals surface area contributed by atoms with Crippen molar-refractivity contribution in [2.24, 2.45) is 0 Å². The number of anilines is 1. The van der Waals surface area contributed by atoms with Crippen molar-refractivity contribution in [2.75, 3.05) is 25.1 Å². The molecule has 0 saturated carbocycles. The minimum atomic E-state index is 0.628. The Balaban J connectivity index is 2.03. The highest BCUT2D eigenvalue weighted by Crippen LogP contribution is 2.32. The van der Waals surface area contributed by atoms with Crippen molar-refractivity contribution < 1.29 is 9.47 Å². The molecule has 0 atom stereocenters. The monoisotopic (exact) mass is 205 g/mol. The van der Waals surface area contributed by atoms with Gasteiger partial charge in [0, 0.05) is 18.3 Å². The maximum atomic E-state index is 5.49. The fraction of sp³-hybridized carbons (Fsp3) is 0.333. The van der Waals surface area contributed by atoms with Gasteiger partial charge in [-0.25, -0.2) is 0 Å². The third-order valence-corrected chi connectivity index (χ3v) is 2.22. The molecule has 1 N–H and O–H groups in total. The van der Waals surface area contributed by atoms with Crippen molar-refractivity contribution in [2.45, 2.75) is 6.42 Å². The Labute approximate surface area is 89.7 Å². The first-order valence-corrected chi connectivity index (χ1v) is 5.14. The van der Waals surface area contributed by atoms with Crippen LogP contribution in [0.1, 0.15) is 6.42 Å². The van der Waals surface area contributed by atoms with E-state index < -0.39 is 0 Å². The normalized spacial score (nSPS) is 13.3. The largest absolute Gasteiger partial charge is 0.486 e. The molecule has 80 valence electrons. The molecular weight excluding hydrogens is 190 g/mol. The van der Waals surface area contributed by atoms with Crippen LogP contribution in [-0.4, -0.2) is 19.8 Å². The van der Waals surface area contributed by atoms with Crippen LogP contribution in [0.4, 0.5) is 5.69 Å². The van der Waals surface area contributed by atoms with Gasteiger partial charge in [0.15, 0.2) is 11.5 Å². The van der Waals surface area contributed by atoms with Crippen LogP contribution in [0.2, 0.25) is 0 Å². The van der Waals surface area contributed by atoms with E-state index in [9.17, 15) is 0 Å². The average Bonchev–Trinajstić information content (AvgIpc) is 2.29. The number of fused-ring (bicyclic) bond motifs is 1. The molecule has 0 saturated heterocycles. The minimum Gasteiger partial charge on any atom is -0.486 e. The van der Waals surface area contributed by atoms with Gasteiger partial charge in [-0.1, -0.05) is 6.08 Å². The summed E-state index contributed by atoms with van der Waals surface area (Å²) < 4.78 is 10.9. The highest BCUT2D eigenvalue weighted by molar-refractivity contribution is 5.55. The van der Waals surface area contributed by atoms with E-state index in [4.69, 9.17) is 9.47 Å². The van der Waals surface area contributed by atoms with E-state index in [0.717, 1.165) is 30.2 Å². The van der Waals surface area contributed by atoms with Crippen LogP contribution >= 0.6 is 0 Å². The zero-order valence-electron chi connectivity index (χ0n) is 8.66. The molecule has 0 radical (unpaired) electrons. The molecule has 0 bridgehead atoms. The van der Waals surface area contributed by atoms with Gasteiger partial charge in [-0.05, 0) is 18.6 Å². The van der Waals surface area contributed by atoms with Gasteiger partial charge in [0.1, 0.15) is 13.2 Å². The predicted octanol–water partition coefficient (Wildman–Crippen LogP) is 2.45. The van der Waals surface area contributed by atoms with Crippen LogP contribution in [0, 0.1) is 0 Å². The molecule has 0 fully saturated rings. The van der Waals surface area contributed by atoms with Crippen molar-refractivity contribution in [1.29, 1.82) is 0 Å². The molecule has 2 rings (SSSR count). The number of ether oxygens (including phenoxy) is 2. The van der Waals surface area contributed by atoms with E-state index in [2.05, 4.69) is 11.9 Å². The van der Waals surface area contributed by atoms with Crippen LogP contribution in [0.3, 0.4) is 0 Å². The summed E-state index contributed by atoms with van der Waals surface area (Å²) in [6.45, 7) is 5.83. The summed E-state index contributed by atoms with van der Waals surface area (Å²) in [7, 11) is 0. The zero-order chi connectivity index (χ0) is 10.5. The summed E-state index contributed by atoms with van der Waals surface area (Å²) in [6.07, 6.45) is 2.85. The summed E-state index contributed by atoms with van der Waals surface area (Å²) in [5, 5.41) is 3.29. The first-order valence-electron chi connectivity index (χ1n) is 5.14. The Kier molecular flexibility index (Phi) is 3.12. The van der Waals surface area contributed by atoms with Gasteiger partial charge in [0.2, 0.25) is 0 Å². The summed E-state index contributed by atoms with van der Waals surface area (Å²) in [4.78, 5) is 0. The Bertz CT molecular complexity index is 349. The highest BCUT2D eigenvalue weighted by atomic mass is 16.6. The second-order valence-corrected chi connectivity index (χ2v) is 3.36. The maximum absolute atomic E-state index is 5.49. The first-order chi connectivity index (χ1) is 7.40. The molecule has 0 unspecified atom stereocenters. The number of hydrogen-bond acceptors (Lipinski definition) is 3. The Morgan fingerprint density at radius 3 is 2.87 bits per heavy atom. The summed E-state index contributed by atoms with van der Waals surface area (Å²) in [5.41, 5.74) is 1.06. The summed E-state index contributed by atoms with van der Waals surface area (Å²) in [5.74, 6) is 1.65. The van der Waals surface area contributed by atoms with Crippen LogP contribution in [-0.2, 0) is 0 Å². The van der Waals surface area contributed by atoms with Gasteiger partial charge in [-0.15, -0.1) is 6.58 Å². The van der Waals surface area contributed by atoms with E-state index in [1.165, 1.54) is 0 Å². The molecule has 1 heterocycles. The van der Waals surface area contributed by atoms with Crippen LogP contribution in [0.25, 0.3) is 0 Å². The summed E-state index contributed by atoms with van der Waals surface area (Å²) >= 11 is 0. The van der Waals surface area contributed by atoms with Gasteiger partial charge in [-0.3, -0.25) is 0 Å². The van der Waals surface area contributed by atoms with Crippen molar-refractivity contribution >= 4 is 5.69 Å². The lowest BCUT2D eigenvalue weighted by Crippen LogP contribution is -2.15. The third kappa shape index (κ3) is 2.43. The average molecular weight is 205 g/mol. The highest BCUT2D eigenvalue weighted by Gasteiger charge is 2.10. The quantitative estimate of drug-likeness (QED) is 0.605. The standard InChI is InChI=1S/C12H15NO2/c1-2-3-6-13-10-4-5-11-12(9-10)15-8-7-14-11/h2,4-5,9,13H,1,3,6-8H2. The Morgan fingerprint density at radius 1 is 1.27 bits per heavy atom. The van der Waals surface area contributed by atoms with E-state index in [-0.39, 0.29) is 0 Å². The van der Waals surface area contributed by atoms with Gasteiger partial charge in [0.25, 0.3) is 0 Å².